The van der Waals surface area contributed by atoms with Crippen LogP contribution in [0.15, 0.2) is 10.7 Å². The number of hydrogen-bond acceptors (Lipinski definition) is 2. The normalized spacial score (nSPS) is 10.3. The van der Waals surface area contributed by atoms with Crippen molar-refractivity contribution in [1.82, 2.24) is 4.98 Å². The number of aromatic nitrogens is 1. The Balaban J connectivity index is 3.37. The summed E-state index contributed by atoms with van der Waals surface area (Å²) in [6.45, 7) is 0. The topological polar surface area (TPSA) is 36.7 Å². The Labute approximate surface area is 96.2 Å². The average molecular weight is 326 g/mol. The fourth-order valence-electron chi connectivity index (χ4n) is 0.912. The van der Waals surface area contributed by atoms with E-state index in [-0.39, 0.29) is 10.0 Å². The molecule has 1 aromatic heterocycles. The summed E-state index contributed by atoms with van der Waals surface area (Å²) in [6.07, 6.45) is -1.40. The molecule has 0 atom stereocenters. The summed E-state index contributed by atoms with van der Waals surface area (Å²) >= 11 is 6.09. The first-order valence-corrected chi connectivity index (χ1v) is 5.44. The van der Waals surface area contributed by atoms with E-state index in [1.807, 2.05) is 6.07 Å². The molecule has 0 amide bonds. The second-order valence-electron chi connectivity index (χ2n) is 2.40. The molecule has 0 aromatic carbocycles. The Morgan fingerprint density at radius 1 is 1.57 bits per heavy atom. The molecule has 1 rings (SSSR count). The molecule has 14 heavy (non-hydrogen) atoms. The maximum absolute atomic E-state index is 12.4. The van der Waals surface area contributed by atoms with Crippen molar-refractivity contribution in [2.24, 2.45) is 0 Å². The van der Waals surface area contributed by atoms with Crippen LogP contribution in [0.1, 0.15) is 23.2 Å². The number of hydrogen-bond donors (Lipinski definition) is 0. The van der Waals surface area contributed by atoms with Gasteiger partial charge < -0.3 is 0 Å². The second-order valence-corrected chi connectivity index (χ2v) is 3.76. The third-order valence-electron chi connectivity index (χ3n) is 1.59. The average Bonchev–Trinajstić information content (AvgIpc) is 2.16. The van der Waals surface area contributed by atoms with E-state index in [4.69, 9.17) is 5.26 Å². The van der Waals surface area contributed by atoms with Crippen LogP contribution >= 0.6 is 31.9 Å². The third-order valence-corrected chi connectivity index (χ3v) is 2.99. The van der Waals surface area contributed by atoms with Crippen molar-refractivity contribution in [3.63, 3.8) is 0 Å². The molecule has 0 saturated carbocycles. The van der Waals surface area contributed by atoms with Crippen molar-refractivity contribution in [3.8, 4) is 6.07 Å². The van der Waals surface area contributed by atoms with Gasteiger partial charge in [0.15, 0.2) is 0 Å². The molecule has 1 heterocycles. The van der Waals surface area contributed by atoms with Crippen LogP contribution in [0.3, 0.4) is 0 Å². The van der Waals surface area contributed by atoms with Crippen LogP contribution < -0.4 is 0 Å². The van der Waals surface area contributed by atoms with Crippen molar-refractivity contribution < 1.29 is 8.78 Å². The number of pyridine rings is 1. The molecule has 1 aromatic rings. The largest absolute Gasteiger partial charge is 0.281 e. The molecule has 0 saturated heterocycles. The first-order valence-electron chi connectivity index (χ1n) is 3.53. The van der Waals surface area contributed by atoms with Gasteiger partial charge in [0.25, 0.3) is 6.43 Å². The monoisotopic (exact) mass is 324 g/mol. The van der Waals surface area contributed by atoms with Crippen LogP contribution in [0.2, 0.25) is 0 Å². The highest BCUT2D eigenvalue weighted by Crippen LogP contribution is 2.30. The SMILES string of the molecule is N#Cc1c(CBr)cnc(C(F)F)c1Br. The zero-order valence-corrected chi connectivity index (χ0v) is 9.94. The molecule has 0 radical (unpaired) electrons. The summed E-state index contributed by atoms with van der Waals surface area (Å²) in [5.74, 6) is 0. The number of halogens is 4. The predicted octanol–water partition coefficient (Wildman–Crippen LogP) is 3.55. The smallest absolute Gasteiger partial charge is 0.254 e. The Kier molecular flexibility index (Phi) is 3.96. The molecule has 74 valence electrons. The molecule has 0 aliphatic rings. The lowest BCUT2D eigenvalue weighted by Gasteiger charge is -2.06. The molecule has 0 bridgehead atoms. The van der Waals surface area contributed by atoms with Crippen molar-refractivity contribution >= 4 is 31.9 Å². The molecule has 0 aliphatic heterocycles. The number of nitriles is 1. The molecular weight excluding hydrogens is 322 g/mol. The standard InChI is InChI=1S/C8H4Br2F2N2/c9-1-4-3-14-7(8(11)12)6(10)5(4)2-13/h3,8H,1H2. The van der Waals surface area contributed by atoms with Gasteiger partial charge in [0.1, 0.15) is 11.8 Å². The molecule has 0 spiro atoms. The van der Waals surface area contributed by atoms with Gasteiger partial charge in [-0.3, -0.25) is 4.98 Å². The Bertz CT molecular complexity index is 388. The van der Waals surface area contributed by atoms with Gasteiger partial charge in [-0.1, -0.05) is 15.9 Å². The minimum Gasteiger partial charge on any atom is -0.254 e. The van der Waals surface area contributed by atoms with Crippen LogP contribution in [-0.4, -0.2) is 4.98 Å². The van der Waals surface area contributed by atoms with Gasteiger partial charge in [0.2, 0.25) is 0 Å². The first kappa shape index (κ1) is 11.5. The highest BCUT2D eigenvalue weighted by Gasteiger charge is 2.18. The minimum absolute atomic E-state index is 0.0759. The van der Waals surface area contributed by atoms with E-state index in [1.165, 1.54) is 6.20 Å². The van der Waals surface area contributed by atoms with Gasteiger partial charge in [-0.2, -0.15) is 5.26 Å². The molecular formula is C8H4Br2F2N2. The summed E-state index contributed by atoms with van der Waals surface area (Å²) in [5.41, 5.74) is 0.391. The molecule has 6 heteroatoms. The van der Waals surface area contributed by atoms with Crippen LogP contribution in [0.4, 0.5) is 8.78 Å². The van der Waals surface area contributed by atoms with Crippen molar-refractivity contribution in [2.45, 2.75) is 11.8 Å². The Morgan fingerprint density at radius 2 is 2.21 bits per heavy atom. The Hall–Kier alpha value is -0.540. The van der Waals surface area contributed by atoms with E-state index in [0.29, 0.717) is 10.9 Å². The predicted molar refractivity (Wildman–Crippen MR) is 54.2 cm³/mol. The summed E-state index contributed by atoms with van der Waals surface area (Å²) < 4.78 is 24.8. The number of nitrogens with zero attached hydrogens (tertiary/aromatic N) is 2. The molecule has 0 N–H and O–H groups in total. The van der Waals surface area contributed by atoms with E-state index in [9.17, 15) is 8.78 Å². The van der Waals surface area contributed by atoms with Crippen molar-refractivity contribution in [2.75, 3.05) is 0 Å². The van der Waals surface area contributed by atoms with Crippen LogP contribution in [-0.2, 0) is 5.33 Å². The summed E-state index contributed by atoms with van der Waals surface area (Å²) in [4.78, 5) is 3.58. The zero-order chi connectivity index (χ0) is 10.7. The highest BCUT2D eigenvalue weighted by atomic mass is 79.9. The van der Waals surface area contributed by atoms with Crippen LogP contribution in [0, 0.1) is 11.3 Å². The lowest BCUT2D eigenvalue weighted by molar-refractivity contribution is 0.145. The second kappa shape index (κ2) is 4.80. The van der Waals surface area contributed by atoms with E-state index in [0.717, 1.165) is 0 Å². The van der Waals surface area contributed by atoms with Crippen molar-refractivity contribution in [3.05, 3.63) is 27.5 Å². The fourth-order valence-corrected chi connectivity index (χ4v) is 1.96. The van der Waals surface area contributed by atoms with Gasteiger partial charge >= 0.3 is 0 Å². The van der Waals surface area contributed by atoms with E-state index < -0.39 is 12.1 Å². The number of rotatable bonds is 2. The highest BCUT2D eigenvalue weighted by molar-refractivity contribution is 9.10. The zero-order valence-electron chi connectivity index (χ0n) is 6.77. The van der Waals surface area contributed by atoms with E-state index in [2.05, 4.69) is 36.8 Å². The maximum atomic E-state index is 12.4. The van der Waals surface area contributed by atoms with Gasteiger partial charge in [-0.15, -0.1) is 0 Å². The molecule has 0 unspecified atom stereocenters. The summed E-state index contributed by atoms with van der Waals surface area (Å²) in [5, 5.41) is 9.17. The minimum atomic E-state index is -2.68. The number of alkyl halides is 3. The van der Waals surface area contributed by atoms with E-state index >= 15 is 0 Å². The quantitative estimate of drug-likeness (QED) is 0.780. The summed E-state index contributed by atoms with van der Waals surface area (Å²) in [7, 11) is 0. The molecule has 0 fully saturated rings. The molecule has 2 nitrogen and oxygen atoms in total. The van der Waals surface area contributed by atoms with Crippen LogP contribution in [0.25, 0.3) is 0 Å². The molecule has 0 aliphatic carbocycles. The lowest BCUT2D eigenvalue weighted by atomic mass is 10.1. The van der Waals surface area contributed by atoms with Crippen LogP contribution in [0.5, 0.6) is 0 Å². The Morgan fingerprint density at radius 3 is 2.64 bits per heavy atom. The van der Waals surface area contributed by atoms with Gasteiger partial charge in [0.05, 0.1) is 10.0 Å². The van der Waals surface area contributed by atoms with Gasteiger partial charge in [0, 0.05) is 11.5 Å². The lowest BCUT2D eigenvalue weighted by Crippen LogP contribution is -1.98. The van der Waals surface area contributed by atoms with E-state index in [1.54, 1.807) is 0 Å². The summed E-state index contributed by atoms with van der Waals surface area (Å²) in [6, 6.07) is 1.86. The maximum Gasteiger partial charge on any atom is 0.281 e. The van der Waals surface area contributed by atoms with Crippen molar-refractivity contribution in [1.29, 1.82) is 5.26 Å². The van der Waals surface area contributed by atoms with Gasteiger partial charge in [-0.05, 0) is 21.5 Å². The van der Waals surface area contributed by atoms with Gasteiger partial charge in [-0.25, -0.2) is 8.78 Å². The third kappa shape index (κ3) is 2.10. The fraction of sp³-hybridized carbons (Fsp3) is 0.250. The first-order chi connectivity index (χ1) is 6.61.